The van der Waals surface area contributed by atoms with Crippen molar-refractivity contribution in [3.05, 3.63) is 46.8 Å². The molecular formula is C14H19N3. The van der Waals surface area contributed by atoms with E-state index < -0.39 is 0 Å². The average Bonchev–Trinajstić information content (AvgIpc) is 2.62. The van der Waals surface area contributed by atoms with Crippen molar-refractivity contribution in [2.24, 2.45) is 7.05 Å². The Morgan fingerprint density at radius 2 is 2.00 bits per heavy atom. The lowest BCUT2D eigenvalue weighted by atomic mass is 10.0. The van der Waals surface area contributed by atoms with Crippen LogP contribution in [0.3, 0.4) is 0 Å². The van der Waals surface area contributed by atoms with Crippen LogP contribution in [-0.2, 0) is 19.9 Å². The van der Waals surface area contributed by atoms with Crippen LogP contribution in [0.2, 0.25) is 0 Å². The summed E-state index contributed by atoms with van der Waals surface area (Å²) in [5.41, 5.74) is 11.0. The lowest BCUT2D eigenvalue weighted by molar-refractivity contribution is 0.804. The predicted octanol–water partition coefficient (Wildman–Crippen LogP) is 2.40. The van der Waals surface area contributed by atoms with Crippen molar-refractivity contribution in [1.29, 1.82) is 0 Å². The number of nitrogens with two attached hydrogens (primary N) is 1. The molecule has 0 aliphatic heterocycles. The van der Waals surface area contributed by atoms with Crippen molar-refractivity contribution in [1.82, 2.24) is 9.55 Å². The molecule has 1 aromatic carbocycles. The van der Waals surface area contributed by atoms with Gasteiger partial charge in [-0.2, -0.15) is 0 Å². The molecule has 0 aliphatic rings. The second-order valence-corrected chi connectivity index (χ2v) is 4.60. The lowest BCUT2D eigenvalue weighted by Gasteiger charge is -2.07. The molecule has 90 valence electrons. The van der Waals surface area contributed by atoms with Gasteiger partial charge in [-0.05, 0) is 37.8 Å². The van der Waals surface area contributed by atoms with Crippen LogP contribution in [-0.4, -0.2) is 9.55 Å². The Morgan fingerprint density at radius 1 is 1.24 bits per heavy atom. The van der Waals surface area contributed by atoms with Gasteiger partial charge in [-0.25, -0.2) is 4.98 Å². The minimum Gasteiger partial charge on any atom is -0.369 e. The Bertz CT molecular complexity index is 526. The normalized spacial score (nSPS) is 10.8. The summed E-state index contributed by atoms with van der Waals surface area (Å²) in [4.78, 5) is 4.11. The van der Waals surface area contributed by atoms with Gasteiger partial charge in [-0.15, -0.1) is 0 Å². The number of rotatable bonds is 3. The van der Waals surface area contributed by atoms with Crippen LogP contribution in [0.15, 0.2) is 24.4 Å². The molecule has 0 radical (unpaired) electrons. The predicted molar refractivity (Wildman–Crippen MR) is 70.9 cm³/mol. The van der Waals surface area contributed by atoms with Gasteiger partial charge in [-0.3, -0.25) is 0 Å². The van der Waals surface area contributed by atoms with Crippen LogP contribution >= 0.6 is 0 Å². The molecule has 0 aliphatic carbocycles. The summed E-state index contributed by atoms with van der Waals surface area (Å²) in [5, 5.41) is 0. The number of anilines is 1. The van der Waals surface area contributed by atoms with E-state index in [0.29, 0.717) is 5.95 Å². The summed E-state index contributed by atoms with van der Waals surface area (Å²) in [6, 6.07) is 6.60. The van der Waals surface area contributed by atoms with Gasteiger partial charge in [0.15, 0.2) is 5.95 Å². The Labute approximate surface area is 102 Å². The van der Waals surface area contributed by atoms with Crippen LogP contribution in [0.25, 0.3) is 0 Å². The van der Waals surface area contributed by atoms with E-state index in [9.17, 15) is 0 Å². The van der Waals surface area contributed by atoms with Crippen LogP contribution in [0, 0.1) is 13.8 Å². The Kier molecular flexibility index (Phi) is 3.18. The number of hydrogen-bond donors (Lipinski definition) is 1. The zero-order chi connectivity index (χ0) is 12.4. The number of benzene rings is 1. The van der Waals surface area contributed by atoms with Gasteiger partial charge >= 0.3 is 0 Å². The van der Waals surface area contributed by atoms with Crippen LogP contribution in [0.1, 0.15) is 22.4 Å². The molecule has 2 aromatic rings. The van der Waals surface area contributed by atoms with E-state index in [0.717, 1.165) is 12.8 Å². The number of nitrogens with zero attached hydrogens (tertiary/aromatic N) is 2. The van der Waals surface area contributed by atoms with Gasteiger partial charge in [0, 0.05) is 12.7 Å². The molecule has 0 saturated heterocycles. The van der Waals surface area contributed by atoms with E-state index >= 15 is 0 Å². The van der Waals surface area contributed by atoms with Crippen molar-refractivity contribution < 1.29 is 0 Å². The standard InChI is InChI=1S/C14H19N3/c1-10-4-5-11(2)12(8-10)6-7-13-9-16-14(15)17(13)3/h4-5,8-9H,6-7H2,1-3H3,(H2,15,16). The van der Waals surface area contributed by atoms with Crippen molar-refractivity contribution in [3.63, 3.8) is 0 Å². The minimum absolute atomic E-state index is 0.584. The van der Waals surface area contributed by atoms with E-state index in [1.165, 1.54) is 22.4 Å². The van der Waals surface area contributed by atoms with Gasteiger partial charge < -0.3 is 10.3 Å². The third-order valence-corrected chi connectivity index (χ3v) is 3.28. The molecule has 0 amide bonds. The largest absolute Gasteiger partial charge is 0.369 e. The van der Waals surface area contributed by atoms with Gasteiger partial charge in [0.1, 0.15) is 0 Å². The second kappa shape index (κ2) is 4.62. The smallest absolute Gasteiger partial charge is 0.200 e. The molecular weight excluding hydrogens is 210 g/mol. The van der Waals surface area contributed by atoms with Crippen molar-refractivity contribution in [2.45, 2.75) is 26.7 Å². The second-order valence-electron chi connectivity index (χ2n) is 4.60. The lowest BCUT2D eigenvalue weighted by Crippen LogP contribution is -2.03. The van der Waals surface area contributed by atoms with Gasteiger partial charge in [0.2, 0.25) is 0 Å². The fraction of sp³-hybridized carbons (Fsp3) is 0.357. The highest BCUT2D eigenvalue weighted by Crippen LogP contribution is 2.14. The summed E-state index contributed by atoms with van der Waals surface area (Å²) in [6.07, 6.45) is 3.87. The third-order valence-electron chi connectivity index (χ3n) is 3.28. The van der Waals surface area contributed by atoms with Crippen LogP contribution in [0.5, 0.6) is 0 Å². The number of imidazole rings is 1. The Balaban J connectivity index is 2.12. The first-order valence-corrected chi connectivity index (χ1v) is 5.90. The van der Waals surface area contributed by atoms with Crippen molar-refractivity contribution in [2.75, 3.05) is 5.73 Å². The number of aromatic nitrogens is 2. The van der Waals surface area contributed by atoms with Gasteiger partial charge in [-0.1, -0.05) is 23.8 Å². The summed E-state index contributed by atoms with van der Waals surface area (Å²) in [6.45, 7) is 4.29. The highest BCUT2D eigenvalue weighted by Gasteiger charge is 2.05. The molecule has 2 N–H and O–H groups in total. The van der Waals surface area contributed by atoms with E-state index in [2.05, 4.69) is 37.0 Å². The molecule has 17 heavy (non-hydrogen) atoms. The molecule has 0 saturated carbocycles. The topological polar surface area (TPSA) is 43.8 Å². The number of hydrogen-bond acceptors (Lipinski definition) is 2. The molecule has 0 atom stereocenters. The third kappa shape index (κ3) is 2.49. The Hall–Kier alpha value is -1.77. The summed E-state index contributed by atoms with van der Waals surface area (Å²) in [7, 11) is 1.96. The maximum atomic E-state index is 5.72. The maximum Gasteiger partial charge on any atom is 0.200 e. The fourth-order valence-electron chi connectivity index (χ4n) is 2.03. The van der Waals surface area contributed by atoms with Crippen LogP contribution < -0.4 is 5.73 Å². The molecule has 1 aromatic heterocycles. The maximum absolute atomic E-state index is 5.72. The molecule has 1 heterocycles. The average molecular weight is 229 g/mol. The van der Waals surface area contributed by atoms with E-state index in [4.69, 9.17) is 5.73 Å². The SMILES string of the molecule is Cc1ccc(C)c(CCc2cnc(N)n2C)c1. The van der Waals surface area contributed by atoms with Gasteiger partial charge in [0.05, 0.1) is 6.20 Å². The van der Waals surface area contributed by atoms with E-state index in [1.54, 1.807) is 0 Å². The zero-order valence-corrected chi connectivity index (χ0v) is 10.7. The van der Waals surface area contributed by atoms with Crippen LogP contribution in [0.4, 0.5) is 5.95 Å². The van der Waals surface area contributed by atoms with Crippen molar-refractivity contribution in [3.8, 4) is 0 Å². The minimum atomic E-state index is 0.584. The highest BCUT2D eigenvalue weighted by atomic mass is 15.1. The monoisotopic (exact) mass is 229 g/mol. The first-order chi connectivity index (χ1) is 8.08. The van der Waals surface area contributed by atoms with E-state index in [-0.39, 0.29) is 0 Å². The quantitative estimate of drug-likeness (QED) is 0.878. The van der Waals surface area contributed by atoms with E-state index in [1.807, 2.05) is 17.8 Å². The van der Waals surface area contributed by atoms with Crippen molar-refractivity contribution >= 4 is 5.95 Å². The molecule has 3 heteroatoms. The first-order valence-electron chi connectivity index (χ1n) is 5.90. The zero-order valence-electron chi connectivity index (χ0n) is 10.7. The molecule has 2 rings (SSSR count). The molecule has 0 fully saturated rings. The molecule has 0 spiro atoms. The first kappa shape index (κ1) is 11.7. The molecule has 0 bridgehead atoms. The fourth-order valence-corrected chi connectivity index (χ4v) is 2.03. The van der Waals surface area contributed by atoms with Gasteiger partial charge in [0.25, 0.3) is 0 Å². The summed E-state index contributed by atoms with van der Waals surface area (Å²) < 4.78 is 1.95. The number of nitrogen functional groups attached to an aromatic ring is 1. The summed E-state index contributed by atoms with van der Waals surface area (Å²) in [5.74, 6) is 0.584. The Morgan fingerprint density at radius 3 is 2.65 bits per heavy atom. The molecule has 3 nitrogen and oxygen atoms in total. The number of aryl methyl sites for hydroxylation is 4. The summed E-state index contributed by atoms with van der Waals surface area (Å²) >= 11 is 0. The highest BCUT2D eigenvalue weighted by molar-refractivity contribution is 5.31. The molecule has 0 unspecified atom stereocenters.